The molecular weight excluding hydrogens is 810 g/mol. The molecule has 4 aliphatic rings. The SMILES string of the molecule is C=C1CCC(N2C(=C)c3cccc(NCCCCCCCCOCCCCCOc4cc(NC(=C)C(C)C5CCC(c6ccnc7c6C=C(P)CC7)CC5)ccc4C)c3C2=O)C(=C)N1. The van der Waals surface area contributed by atoms with E-state index in [0.29, 0.717) is 24.4 Å². The highest BCUT2D eigenvalue weighted by Gasteiger charge is 2.40. The van der Waals surface area contributed by atoms with E-state index in [1.54, 1.807) is 0 Å². The van der Waals surface area contributed by atoms with Gasteiger partial charge in [0.25, 0.3) is 5.91 Å². The minimum Gasteiger partial charge on any atom is -0.493 e. The van der Waals surface area contributed by atoms with Gasteiger partial charge in [-0.2, -0.15) is 0 Å². The number of hydrogen-bond acceptors (Lipinski definition) is 7. The van der Waals surface area contributed by atoms with Crippen LogP contribution in [0.4, 0.5) is 11.4 Å². The summed E-state index contributed by atoms with van der Waals surface area (Å²) < 4.78 is 12.2. The van der Waals surface area contributed by atoms with Gasteiger partial charge in [-0.05, 0) is 149 Å². The van der Waals surface area contributed by atoms with Crippen LogP contribution >= 0.6 is 9.24 Å². The number of carbonyl (C=O) groups is 1. The highest BCUT2D eigenvalue weighted by molar-refractivity contribution is 7.22. The highest BCUT2D eigenvalue weighted by Crippen LogP contribution is 2.44. The first-order valence-corrected chi connectivity index (χ1v) is 24.9. The van der Waals surface area contributed by atoms with E-state index in [2.05, 4.69) is 95.7 Å². The van der Waals surface area contributed by atoms with Gasteiger partial charge in [-0.25, -0.2) is 0 Å². The Labute approximate surface area is 386 Å². The van der Waals surface area contributed by atoms with E-state index in [1.165, 1.54) is 67.1 Å². The number of benzene rings is 2. The zero-order chi connectivity index (χ0) is 45.0. The average Bonchev–Trinajstić information content (AvgIpc) is 3.55. The summed E-state index contributed by atoms with van der Waals surface area (Å²) in [5, 5.41) is 11.8. The summed E-state index contributed by atoms with van der Waals surface area (Å²) in [6.07, 6.45) is 23.2. The molecule has 1 saturated heterocycles. The number of ether oxygens (including phenoxy) is 2. The van der Waals surface area contributed by atoms with Gasteiger partial charge in [0.15, 0.2) is 0 Å². The van der Waals surface area contributed by atoms with Gasteiger partial charge in [0.2, 0.25) is 0 Å². The molecule has 9 heteroatoms. The normalized spacial score (nSPS) is 20.0. The van der Waals surface area contributed by atoms with Crippen LogP contribution in [-0.4, -0.2) is 48.2 Å². The third-order valence-electron chi connectivity index (χ3n) is 14.1. The largest absolute Gasteiger partial charge is 0.493 e. The zero-order valence-corrected chi connectivity index (χ0v) is 40.0. The van der Waals surface area contributed by atoms with Crippen molar-refractivity contribution in [2.24, 2.45) is 11.8 Å². The van der Waals surface area contributed by atoms with Crippen LogP contribution in [0.15, 0.2) is 97.4 Å². The van der Waals surface area contributed by atoms with Crippen LogP contribution in [0.3, 0.4) is 0 Å². The van der Waals surface area contributed by atoms with Crippen LogP contribution in [0.1, 0.15) is 154 Å². The molecule has 3 N–H and O–H groups in total. The van der Waals surface area contributed by atoms with Crippen molar-refractivity contribution in [2.75, 3.05) is 37.0 Å². The maximum Gasteiger partial charge on any atom is 0.261 e. The topological polar surface area (TPSA) is 87.8 Å². The van der Waals surface area contributed by atoms with Gasteiger partial charge in [-0.15, -0.1) is 9.24 Å². The maximum absolute atomic E-state index is 13.6. The monoisotopic (exact) mass is 884 g/mol. The lowest BCUT2D eigenvalue weighted by Gasteiger charge is -2.35. The molecule has 3 atom stereocenters. The zero-order valence-electron chi connectivity index (χ0n) is 38.9. The van der Waals surface area contributed by atoms with Crippen molar-refractivity contribution >= 4 is 38.3 Å². The predicted molar refractivity (Wildman–Crippen MR) is 270 cm³/mol. The summed E-state index contributed by atoms with van der Waals surface area (Å²) in [5.74, 6) is 2.61. The molecule has 3 heterocycles. The molecule has 2 fully saturated rings. The Morgan fingerprint density at radius 1 is 0.906 bits per heavy atom. The lowest BCUT2D eigenvalue weighted by atomic mass is 9.72. The third kappa shape index (κ3) is 12.0. The van der Waals surface area contributed by atoms with Gasteiger partial charge in [-0.1, -0.05) is 82.4 Å². The van der Waals surface area contributed by atoms with Crippen LogP contribution in [-0.2, 0) is 11.2 Å². The lowest BCUT2D eigenvalue weighted by Crippen LogP contribution is -2.42. The Morgan fingerprint density at radius 3 is 2.42 bits per heavy atom. The van der Waals surface area contributed by atoms with E-state index in [-0.39, 0.29) is 11.9 Å². The number of allylic oxidation sites excluding steroid dienone is 3. The molecular formula is C55H74N5O3P. The molecule has 1 aromatic heterocycles. The second-order valence-corrected chi connectivity index (χ2v) is 19.5. The van der Waals surface area contributed by atoms with Gasteiger partial charge in [-0.3, -0.25) is 14.7 Å². The van der Waals surface area contributed by atoms with E-state index in [0.717, 1.165) is 141 Å². The van der Waals surface area contributed by atoms with Crippen LogP contribution in [0, 0.1) is 18.8 Å². The molecule has 0 bridgehead atoms. The number of fused-ring (bicyclic) bond motifs is 2. The second-order valence-electron chi connectivity index (χ2n) is 18.7. The molecule has 3 aromatic rings. The molecule has 0 radical (unpaired) electrons. The number of rotatable bonds is 23. The van der Waals surface area contributed by atoms with Crippen LogP contribution in [0.5, 0.6) is 5.75 Å². The molecule has 1 amide bonds. The summed E-state index contributed by atoms with van der Waals surface area (Å²) in [7, 11) is 2.92. The summed E-state index contributed by atoms with van der Waals surface area (Å²) in [6.45, 7) is 24.6. The number of unbranched alkanes of at least 4 members (excludes halogenated alkanes) is 7. The number of amides is 1. The Bertz CT molecular complexity index is 2190. The number of hydrogen-bond donors (Lipinski definition) is 3. The number of aromatic nitrogens is 1. The molecule has 7 rings (SSSR count). The number of nitrogens with one attached hydrogen (secondary N) is 3. The number of anilines is 2. The van der Waals surface area contributed by atoms with Crippen molar-refractivity contribution < 1.29 is 14.3 Å². The van der Waals surface area contributed by atoms with Crippen molar-refractivity contribution in [3.8, 4) is 5.75 Å². The first-order valence-electron chi connectivity index (χ1n) is 24.3. The second kappa shape index (κ2) is 23.0. The first kappa shape index (κ1) is 47.3. The fourth-order valence-electron chi connectivity index (χ4n) is 10.2. The molecule has 1 saturated carbocycles. The molecule has 3 unspecified atom stereocenters. The van der Waals surface area contributed by atoms with E-state index < -0.39 is 0 Å². The van der Waals surface area contributed by atoms with Crippen molar-refractivity contribution in [3.63, 3.8) is 0 Å². The summed E-state index contributed by atoms with van der Waals surface area (Å²) in [4.78, 5) is 20.1. The Hall–Kier alpha value is -4.65. The number of aryl methyl sites for hydroxylation is 2. The number of carbonyl (C=O) groups excluding carboxylic acids is 1. The maximum atomic E-state index is 13.6. The predicted octanol–water partition coefficient (Wildman–Crippen LogP) is 13.3. The summed E-state index contributed by atoms with van der Waals surface area (Å²) in [5.41, 5.74) is 12.5. The minimum absolute atomic E-state index is 0.00363. The molecule has 8 nitrogen and oxygen atoms in total. The molecule has 64 heavy (non-hydrogen) atoms. The van der Waals surface area contributed by atoms with Crippen molar-refractivity contribution in [1.29, 1.82) is 0 Å². The number of pyridine rings is 1. The van der Waals surface area contributed by atoms with Crippen LogP contribution in [0.25, 0.3) is 11.8 Å². The van der Waals surface area contributed by atoms with Crippen LogP contribution < -0.4 is 20.7 Å². The van der Waals surface area contributed by atoms with E-state index in [9.17, 15) is 4.79 Å². The molecule has 2 aliphatic carbocycles. The summed E-state index contributed by atoms with van der Waals surface area (Å²) in [6, 6.07) is 14.6. The number of nitrogens with zero attached hydrogens (tertiary/aromatic N) is 2. The lowest BCUT2D eigenvalue weighted by molar-refractivity contribution is 0.0810. The summed E-state index contributed by atoms with van der Waals surface area (Å²) >= 11 is 0. The van der Waals surface area contributed by atoms with Gasteiger partial charge in [0, 0.05) is 77.4 Å². The van der Waals surface area contributed by atoms with Gasteiger partial charge < -0.3 is 25.4 Å². The number of piperidine rings is 1. The molecule has 0 spiro atoms. The third-order valence-corrected chi connectivity index (χ3v) is 14.6. The standard InChI is InChI=1S/C55H74N5O3P/c1-37-19-25-45(59-40(4)39(3)43-21-23-44(24-22-43)48-29-31-57-50-27-26-46(64)36-49(48)50)35-53(37)63-34-15-11-14-33-62-32-13-10-8-7-9-12-30-56-51-18-16-17-47-42(6)60(55(61)54(47)51)52-28-20-38(2)58-41(52)5/h16-19,25,29,31,35-36,39,43-44,52,56,58-59H,2,4-15,20-24,26-28,30,32-34,64H2,1,3H3. The smallest absolute Gasteiger partial charge is 0.261 e. The van der Waals surface area contributed by atoms with E-state index in [4.69, 9.17) is 14.5 Å². The Kier molecular flexibility index (Phi) is 17.0. The Morgan fingerprint density at radius 2 is 1.64 bits per heavy atom. The quantitative estimate of drug-likeness (QED) is 0.0646. The Balaban J connectivity index is 0.701. The van der Waals surface area contributed by atoms with Gasteiger partial charge in [0.05, 0.1) is 18.2 Å². The fourth-order valence-corrected chi connectivity index (χ4v) is 10.5. The highest BCUT2D eigenvalue weighted by atomic mass is 31.0. The van der Waals surface area contributed by atoms with E-state index in [1.807, 2.05) is 29.3 Å². The molecule has 342 valence electrons. The molecule has 2 aliphatic heterocycles. The fraction of sp³-hybridized carbons (Fsp3) is 0.491. The van der Waals surface area contributed by atoms with E-state index >= 15 is 0 Å². The van der Waals surface area contributed by atoms with Crippen molar-refractivity contribution in [1.82, 2.24) is 15.2 Å². The molecule has 2 aromatic carbocycles. The van der Waals surface area contributed by atoms with Gasteiger partial charge >= 0.3 is 0 Å². The average molecular weight is 884 g/mol. The minimum atomic E-state index is -0.112. The van der Waals surface area contributed by atoms with Crippen molar-refractivity contribution in [3.05, 3.63) is 131 Å². The van der Waals surface area contributed by atoms with Crippen LogP contribution in [0.2, 0.25) is 0 Å². The van der Waals surface area contributed by atoms with Gasteiger partial charge in [0.1, 0.15) is 5.75 Å². The first-order chi connectivity index (χ1) is 31.1. The van der Waals surface area contributed by atoms with Crippen molar-refractivity contribution in [2.45, 2.75) is 135 Å².